The van der Waals surface area contributed by atoms with Crippen LogP contribution in [-0.2, 0) is 22.4 Å². The number of hydrogen-bond donors (Lipinski definition) is 3. The Kier molecular flexibility index (Phi) is 6.07. The van der Waals surface area contributed by atoms with E-state index in [4.69, 9.17) is 9.26 Å². The van der Waals surface area contributed by atoms with Gasteiger partial charge in [0, 0.05) is 32.0 Å². The maximum absolute atomic E-state index is 12.6. The van der Waals surface area contributed by atoms with E-state index in [1.54, 1.807) is 24.3 Å². The molecule has 1 fully saturated rings. The van der Waals surface area contributed by atoms with Crippen molar-refractivity contribution in [3.8, 4) is 5.75 Å². The van der Waals surface area contributed by atoms with Crippen molar-refractivity contribution in [3.05, 3.63) is 52.0 Å². The number of aromatic amines is 1. The van der Waals surface area contributed by atoms with Crippen LogP contribution >= 0.6 is 0 Å². The van der Waals surface area contributed by atoms with Crippen LogP contribution in [0.3, 0.4) is 0 Å². The minimum atomic E-state index is -1.51. The molecule has 9 heteroatoms. The minimum Gasteiger partial charge on any atom is -0.497 e. The number of benzene rings is 1. The quantitative estimate of drug-likeness (QED) is 0.622. The van der Waals surface area contributed by atoms with E-state index >= 15 is 0 Å². The van der Waals surface area contributed by atoms with Crippen LogP contribution in [0.5, 0.6) is 5.75 Å². The largest absolute Gasteiger partial charge is 0.497 e. The second kappa shape index (κ2) is 8.52. The minimum absolute atomic E-state index is 0.0666. The van der Waals surface area contributed by atoms with Gasteiger partial charge in [0.2, 0.25) is 5.91 Å². The normalized spacial score (nSPS) is 21.7. The van der Waals surface area contributed by atoms with Crippen LogP contribution in [0.1, 0.15) is 24.2 Å². The third-order valence-corrected chi connectivity index (χ3v) is 5.38. The molecule has 0 spiro atoms. The molecule has 156 valence electrons. The first-order chi connectivity index (χ1) is 13.8. The Bertz CT molecular complexity index is 935. The lowest BCUT2D eigenvalue weighted by atomic mass is 9.72. The average Bonchev–Trinajstić information content (AvgIpc) is 3.13. The number of carboxylic acid groups (broad SMARTS) is 1. The van der Waals surface area contributed by atoms with Crippen molar-refractivity contribution >= 4 is 11.9 Å². The highest BCUT2D eigenvalue weighted by Gasteiger charge is 2.50. The summed E-state index contributed by atoms with van der Waals surface area (Å²) in [5.41, 5.74) is -1.19. The monoisotopic (exact) mass is 404 g/mol. The molecule has 1 amide bonds. The fourth-order valence-corrected chi connectivity index (χ4v) is 3.73. The Morgan fingerprint density at radius 2 is 2.17 bits per heavy atom. The number of aryl methyl sites for hydroxylation is 1. The zero-order valence-electron chi connectivity index (χ0n) is 16.1. The topological polar surface area (TPSA) is 133 Å². The van der Waals surface area contributed by atoms with Gasteiger partial charge in [-0.3, -0.25) is 14.4 Å². The van der Waals surface area contributed by atoms with E-state index in [2.05, 4.69) is 5.16 Å². The molecule has 0 aliphatic carbocycles. The number of nitrogens with one attached hydrogen (secondary N) is 1. The molecule has 1 aromatic carbocycles. The third kappa shape index (κ3) is 4.51. The number of carbonyl (C=O) groups is 2. The fraction of sp³-hybridized carbons (Fsp3) is 0.450. The second-order valence-electron chi connectivity index (χ2n) is 7.29. The van der Waals surface area contributed by atoms with Crippen LogP contribution in [0.2, 0.25) is 0 Å². The van der Waals surface area contributed by atoms with Gasteiger partial charge in [-0.05, 0) is 30.5 Å². The standard InChI is InChI=1S/C20H24N2O7/c1-28-14-4-2-3-13(9-14)11-20(19(26)27)12-22(8-7-16(20)23)18(25)6-5-15-10-17(24)21-29-15/h2-4,9-10,16,23H,5-8,11-12H2,1H3,(H,21,24)(H,26,27)/t16-,20+/m0/s1. The zero-order chi connectivity index (χ0) is 21.0. The van der Waals surface area contributed by atoms with E-state index in [1.807, 2.05) is 0 Å². The Morgan fingerprint density at radius 1 is 1.38 bits per heavy atom. The molecule has 2 heterocycles. The van der Waals surface area contributed by atoms with Gasteiger partial charge in [0.25, 0.3) is 5.56 Å². The van der Waals surface area contributed by atoms with Crippen molar-refractivity contribution in [2.45, 2.75) is 31.8 Å². The first-order valence-corrected chi connectivity index (χ1v) is 9.33. The highest BCUT2D eigenvalue weighted by atomic mass is 16.5. The smallest absolute Gasteiger partial charge is 0.314 e. The van der Waals surface area contributed by atoms with Gasteiger partial charge < -0.3 is 24.4 Å². The molecule has 2 aromatic rings. The summed E-state index contributed by atoms with van der Waals surface area (Å²) in [6.07, 6.45) is -0.547. The molecule has 0 unspecified atom stereocenters. The number of aliphatic hydroxyl groups is 1. The predicted octanol–water partition coefficient (Wildman–Crippen LogP) is 0.816. The van der Waals surface area contributed by atoms with Crippen molar-refractivity contribution in [2.24, 2.45) is 5.41 Å². The number of ether oxygens (including phenoxy) is 1. The van der Waals surface area contributed by atoms with Gasteiger partial charge >= 0.3 is 5.97 Å². The van der Waals surface area contributed by atoms with Crippen LogP contribution < -0.4 is 10.3 Å². The Morgan fingerprint density at radius 3 is 2.83 bits per heavy atom. The van der Waals surface area contributed by atoms with Gasteiger partial charge in [-0.15, -0.1) is 0 Å². The molecule has 1 aliphatic heterocycles. The number of H-pyrrole nitrogens is 1. The second-order valence-corrected chi connectivity index (χ2v) is 7.29. The lowest BCUT2D eigenvalue weighted by Gasteiger charge is -2.43. The number of aliphatic carboxylic acids is 1. The highest BCUT2D eigenvalue weighted by molar-refractivity contribution is 5.80. The molecular weight excluding hydrogens is 380 g/mol. The summed E-state index contributed by atoms with van der Waals surface area (Å²) in [7, 11) is 1.52. The van der Waals surface area contributed by atoms with Crippen molar-refractivity contribution in [1.82, 2.24) is 10.1 Å². The average molecular weight is 404 g/mol. The van der Waals surface area contributed by atoms with Gasteiger partial charge in [-0.1, -0.05) is 12.1 Å². The molecule has 0 radical (unpaired) electrons. The van der Waals surface area contributed by atoms with Crippen LogP contribution in [0.15, 0.2) is 39.6 Å². The Labute approximate surface area is 166 Å². The number of piperidine rings is 1. The van der Waals surface area contributed by atoms with E-state index in [0.717, 1.165) is 0 Å². The van der Waals surface area contributed by atoms with Gasteiger partial charge in [0.15, 0.2) is 0 Å². The van der Waals surface area contributed by atoms with Crippen LogP contribution in [0.25, 0.3) is 0 Å². The van der Waals surface area contributed by atoms with Crippen molar-refractivity contribution in [3.63, 3.8) is 0 Å². The van der Waals surface area contributed by atoms with E-state index < -0.39 is 17.5 Å². The molecule has 29 heavy (non-hydrogen) atoms. The lowest BCUT2D eigenvalue weighted by molar-refractivity contribution is -0.165. The molecule has 1 aliphatic rings. The number of carbonyl (C=O) groups excluding carboxylic acids is 1. The summed E-state index contributed by atoms with van der Waals surface area (Å²) >= 11 is 0. The summed E-state index contributed by atoms with van der Waals surface area (Å²) in [5, 5.41) is 22.7. The number of aromatic nitrogens is 1. The zero-order valence-corrected chi connectivity index (χ0v) is 16.1. The van der Waals surface area contributed by atoms with Crippen LogP contribution in [-0.4, -0.2) is 58.4 Å². The van der Waals surface area contributed by atoms with Crippen LogP contribution in [0, 0.1) is 5.41 Å². The van der Waals surface area contributed by atoms with Gasteiger partial charge in [0.05, 0.1) is 13.2 Å². The molecular formula is C20H24N2O7. The number of carboxylic acids is 1. The summed E-state index contributed by atoms with van der Waals surface area (Å²) in [6, 6.07) is 8.29. The number of hydrogen-bond acceptors (Lipinski definition) is 6. The summed E-state index contributed by atoms with van der Waals surface area (Å²) in [4.78, 5) is 37.4. The first kappa shape index (κ1) is 20.7. The highest BCUT2D eigenvalue weighted by Crippen LogP contribution is 2.35. The van der Waals surface area contributed by atoms with Crippen molar-refractivity contribution in [1.29, 1.82) is 0 Å². The predicted molar refractivity (Wildman–Crippen MR) is 102 cm³/mol. The molecule has 0 saturated carbocycles. The molecule has 3 rings (SSSR count). The number of likely N-dealkylation sites (tertiary alicyclic amines) is 1. The maximum Gasteiger partial charge on any atom is 0.314 e. The number of nitrogens with zero attached hydrogens (tertiary/aromatic N) is 1. The molecule has 0 bridgehead atoms. The number of rotatable bonds is 7. The molecule has 1 saturated heterocycles. The number of amides is 1. The molecule has 3 N–H and O–H groups in total. The first-order valence-electron chi connectivity index (χ1n) is 9.33. The van der Waals surface area contributed by atoms with E-state index in [-0.39, 0.29) is 50.2 Å². The van der Waals surface area contributed by atoms with E-state index in [9.17, 15) is 24.6 Å². The van der Waals surface area contributed by atoms with E-state index in [1.165, 1.54) is 18.1 Å². The fourth-order valence-electron chi connectivity index (χ4n) is 3.73. The summed E-state index contributed by atoms with van der Waals surface area (Å²) in [5.74, 6) is -0.450. The maximum atomic E-state index is 12.6. The third-order valence-electron chi connectivity index (χ3n) is 5.38. The molecule has 1 aromatic heterocycles. The van der Waals surface area contributed by atoms with Gasteiger partial charge in [-0.2, -0.15) is 5.16 Å². The van der Waals surface area contributed by atoms with Crippen molar-refractivity contribution < 1.29 is 29.1 Å². The van der Waals surface area contributed by atoms with Crippen molar-refractivity contribution in [2.75, 3.05) is 20.2 Å². The number of methoxy groups -OCH3 is 1. The molecule has 9 nitrogen and oxygen atoms in total. The Hall–Kier alpha value is -3.07. The van der Waals surface area contributed by atoms with E-state index in [0.29, 0.717) is 17.1 Å². The summed E-state index contributed by atoms with van der Waals surface area (Å²) < 4.78 is 10.1. The van der Waals surface area contributed by atoms with Gasteiger partial charge in [-0.25, -0.2) is 0 Å². The SMILES string of the molecule is COc1cccc(C[C@@]2(C(=O)O)CN(C(=O)CCc3cc(=O)[nH]o3)CC[C@@H]2O)c1. The lowest BCUT2D eigenvalue weighted by Crippen LogP contribution is -2.58. The number of aliphatic hydroxyl groups excluding tert-OH is 1. The van der Waals surface area contributed by atoms with Crippen LogP contribution in [0.4, 0.5) is 0 Å². The summed E-state index contributed by atoms with van der Waals surface area (Å²) in [6.45, 7) is 0.168. The van der Waals surface area contributed by atoms with Gasteiger partial charge in [0.1, 0.15) is 16.9 Å². The Balaban J connectivity index is 1.76. The molecule has 2 atom stereocenters.